The van der Waals surface area contributed by atoms with Crippen LogP contribution in [0.1, 0.15) is 0 Å². The fraction of sp³-hybridized carbons (Fsp3) is 0.235. The van der Waals surface area contributed by atoms with Crippen molar-refractivity contribution in [3.8, 4) is 11.5 Å². The van der Waals surface area contributed by atoms with E-state index in [1.165, 1.54) is 39.5 Å². The molecule has 0 bridgehead atoms. The van der Waals surface area contributed by atoms with E-state index in [9.17, 15) is 13.2 Å². The second-order valence-electron chi connectivity index (χ2n) is 5.33. The Kier molecular flexibility index (Phi) is 6.47. The number of carbonyl (C=O) groups is 1. The summed E-state index contributed by atoms with van der Waals surface area (Å²) in [5.74, 6) is 0.223. The van der Waals surface area contributed by atoms with Gasteiger partial charge in [-0.05, 0) is 36.4 Å². The number of nitrogens with zero attached hydrogens (tertiary/aromatic N) is 1. The van der Waals surface area contributed by atoms with Crippen molar-refractivity contribution in [2.24, 2.45) is 0 Å². The summed E-state index contributed by atoms with van der Waals surface area (Å²) in [4.78, 5) is 12.1. The summed E-state index contributed by atoms with van der Waals surface area (Å²) in [6.07, 6.45) is 0. The van der Waals surface area contributed by atoms with Crippen LogP contribution in [0.15, 0.2) is 47.4 Å². The number of carbonyl (C=O) groups excluding carboxylic acids is 1. The molecule has 1 amide bonds. The number of methoxy groups -OCH3 is 2. The number of amides is 1. The third-order valence-corrected chi connectivity index (χ3v) is 5.61. The molecule has 0 spiro atoms. The van der Waals surface area contributed by atoms with Gasteiger partial charge in [0.05, 0.1) is 25.7 Å². The number of sulfonamides is 1. The molecule has 9 heteroatoms. The third kappa shape index (κ3) is 4.66. The summed E-state index contributed by atoms with van der Waals surface area (Å²) >= 11 is 5.79. The Bertz CT molecular complexity index is 885. The smallest absolute Gasteiger partial charge is 0.243 e. The summed E-state index contributed by atoms with van der Waals surface area (Å²) in [6.45, 7) is -0.348. The number of benzene rings is 2. The van der Waals surface area contributed by atoms with Gasteiger partial charge in [-0.15, -0.1) is 0 Å². The maximum atomic E-state index is 12.7. The van der Waals surface area contributed by atoms with Crippen LogP contribution in [-0.2, 0) is 14.8 Å². The first-order chi connectivity index (χ1) is 12.3. The summed E-state index contributed by atoms with van der Waals surface area (Å²) in [5, 5.41) is 3.15. The molecule has 140 valence electrons. The molecule has 0 saturated heterocycles. The van der Waals surface area contributed by atoms with Gasteiger partial charge >= 0.3 is 0 Å². The second kappa shape index (κ2) is 8.39. The lowest BCUT2D eigenvalue weighted by atomic mass is 10.3. The Morgan fingerprint density at radius 3 is 2.27 bits per heavy atom. The van der Waals surface area contributed by atoms with Gasteiger partial charge < -0.3 is 14.8 Å². The summed E-state index contributed by atoms with van der Waals surface area (Å²) < 4.78 is 36.5. The summed E-state index contributed by atoms with van der Waals surface area (Å²) in [7, 11) is 0.324. The molecule has 0 aliphatic heterocycles. The van der Waals surface area contributed by atoms with Crippen molar-refractivity contribution in [2.45, 2.75) is 4.90 Å². The average Bonchev–Trinajstić information content (AvgIpc) is 2.62. The minimum Gasteiger partial charge on any atom is -0.493 e. The van der Waals surface area contributed by atoms with Crippen molar-refractivity contribution in [1.82, 2.24) is 4.31 Å². The monoisotopic (exact) mass is 398 g/mol. The van der Waals surface area contributed by atoms with Crippen LogP contribution in [0.5, 0.6) is 11.5 Å². The van der Waals surface area contributed by atoms with E-state index in [1.54, 1.807) is 24.3 Å². The first-order valence-corrected chi connectivity index (χ1v) is 9.33. The van der Waals surface area contributed by atoms with Gasteiger partial charge in [0.2, 0.25) is 15.9 Å². The molecule has 2 aromatic carbocycles. The lowest BCUT2D eigenvalue weighted by Crippen LogP contribution is -2.35. The van der Waals surface area contributed by atoms with Crippen LogP contribution < -0.4 is 14.8 Å². The summed E-state index contributed by atoms with van der Waals surface area (Å²) in [5.41, 5.74) is 0.524. The number of hydrogen-bond acceptors (Lipinski definition) is 5. The lowest BCUT2D eigenvalue weighted by molar-refractivity contribution is -0.116. The Labute approximate surface area is 157 Å². The molecule has 0 unspecified atom stereocenters. The maximum absolute atomic E-state index is 12.7. The Morgan fingerprint density at radius 2 is 1.69 bits per heavy atom. The van der Waals surface area contributed by atoms with Gasteiger partial charge in [-0.1, -0.05) is 11.6 Å². The minimum atomic E-state index is -3.87. The van der Waals surface area contributed by atoms with Crippen LogP contribution in [0.4, 0.5) is 5.69 Å². The number of nitrogens with one attached hydrogen (secondary N) is 1. The van der Waals surface area contributed by atoms with Gasteiger partial charge in [-0.25, -0.2) is 8.42 Å². The molecule has 7 nitrogen and oxygen atoms in total. The van der Waals surface area contributed by atoms with E-state index in [4.69, 9.17) is 21.1 Å². The van der Waals surface area contributed by atoms with Crippen LogP contribution in [0.25, 0.3) is 0 Å². The predicted molar refractivity (Wildman–Crippen MR) is 99.4 cm³/mol. The predicted octanol–water partition coefficient (Wildman–Crippen LogP) is 2.62. The largest absolute Gasteiger partial charge is 0.493 e. The molecule has 0 heterocycles. The number of rotatable bonds is 7. The molecule has 26 heavy (non-hydrogen) atoms. The first kappa shape index (κ1) is 20.0. The highest BCUT2D eigenvalue weighted by molar-refractivity contribution is 7.89. The Balaban J connectivity index is 2.13. The zero-order valence-corrected chi connectivity index (χ0v) is 16.1. The minimum absolute atomic E-state index is 0.00283. The van der Waals surface area contributed by atoms with E-state index in [-0.39, 0.29) is 17.2 Å². The van der Waals surface area contributed by atoms with E-state index in [1.807, 2.05) is 0 Å². The van der Waals surface area contributed by atoms with E-state index >= 15 is 0 Å². The normalized spacial score (nSPS) is 11.3. The van der Waals surface area contributed by atoms with Crippen LogP contribution in [0, 0.1) is 0 Å². The molecule has 0 aliphatic rings. The Hall–Kier alpha value is -2.29. The number of likely N-dealkylation sites (N-methyl/N-ethyl adjacent to an activating group) is 1. The molecule has 2 aromatic rings. The SMILES string of the molecule is COc1ccc(S(=O)(=O)N(C)CC(=O)Nc2ccc(Cl)cc2)cc1OC. The van der Waals surface area contributed by atoms with Gasteiger partial charge in [0, 0.05) is 23.8 Å². The van der Waals surface area contributed by atoms with Gasteiger partial charge in [-0.2, -0.15) is 4.31 Å². The molecule has 2 rings (SSSR count). The van der Waals surface area contributed by atoms with Gasteiger partial charge in [0.25, 0.3) is 0 Å². The highest BCUT2D eigenvalue weighted by Crippen LogP contribution is 2.30. The summed E-state index contributed by atoms with van der Waals surface area (Å²) in [6, 6.07) is 10.7. The van der Waals surface area contributed by atoms with Crippen molar-refractivity contribution in [3.05, 3.63) is 47.5 Å². The quantitative estimate of drug-likeness (QED) is 0.774. The van der Waals surface area contributed by atoms with E-state index in [2.05, 4.69) is 5.32 Å². The first-order valence-electron chi connectivity index (χ1n) is 7.51. The maximum Gasteiger partial charge on any atom is 0.243 e. The fourth-order valence-corrected chi connectivity index (χ4v) is 3.45. The lowest BCUT2D eigenvalue weighted by Gasteiger charge is -2.18. The van der Waals surface area contributed by atoms with Gasteiger partial charge in [-0.3, -0.25) is 4.79 Å². The topological polar surface area (TPSA) is 84.9 Å². The van der Waals surface area contributed by atoms with Crippen LogP contribution >= 0.6 is 11.6 Å². The van der Waals surface area contributed by atoms with Crippen molar-refractivity contribution in [2.75, 3.05) is 33.1 Å². The molecule has 1 N–H and O–H groups in total. The highest BCUT2D eigenvalue weighted by Gasteiger charge is 2.24. The number of halogens is 1. The van der Waals surface area contributed by atoms with Crippen LogP contribution in [-0.4, -0.2) is 46.4 Å². The molecular weight excluding hydrogens is 380 g/mol. The second-order valence-corrected chi connectivity index (χ2v) is 7.81. The van der Waals surface area contributed by atoms with E-state index in [0.29, 0.717) is 16.5 Å². The van der Waals surface area contributed by atoms with Crippen molar-refractivity contribution < 1.29 is 22.7 Å². The Morgan fingerprint density at radius 1 is 1.08 bits per heavy atom. The van der Waals surface area contributed by atoms with E-state index < -0.39 is 15.9 Å². The van der Waals surface area contributed by atoms with Crippen molar-refractivity contribution in [1.29, 1.82) is 0 Å². The molecular formula is C17H19ClN2O5S. The highest BCUT2D eigenvalue weighted by atomic mass is 35.5. The van der Waals surface area contributed by atoms with E-state index in [0.717, 1.165) is 4.31 Å². The fourth-order valence-electron chi connectivity index (χ4n) is 2.18. The van der Waals surface area contributed by atoms with Crippen molar-refractivity contribution in [3.63, 3.8) is 0 Å². The average molecular weight is 399 g/mol. The number of ether oxygens (including phenoxy) is 2. The number of hydrogen-bond donors (Lipinski definition) is 1. The molecule has 0 saturated carbocycles. The van der Waals surface area contributed by atoms with Crippen LogP contribution in [0.2, 0.25) is 5.02 Å². The third-order valence-electron chi connectivity index (χ3n) is 3.56. The molecule has 0 radical (unpaired) electrons. The van der Waals surface area contributed by atoms with Gasteiger partial charge in [0.15, 0.2) is 11.5 Å². The van der Waals surface area contributed by atoms with Crippen LogP contribution in [0.3, 0.4) is 0 Å². The molecule has 0 fully saturated rings. The van der Waals surface area contributed by atoms with Crippen molar-refractivity contribution >= 4 is 33.2 Å². The number of anilines is 1. The standard InChI is InChI=1S/C17H19ClN2O5S/c1-20(11-17(21)19-13-6-4-12(18)5-7-13)26(22,23)14-8-9-15(24-2)16(10-14)25-3/h4-10H,11H2,1-3H3,(H,19,21). The zero-order chi connectivity index (χ0) is 19.3. The molecule has 0 aliphatic carbocycles. The molecule has 0 atom stereocenters. The zero-order valence-electron chi connectivity index (χ0n) is 14.5. The van der Waals surface area contributed by atoms with Gasteiger partial charge in [0.1, 0.15) is 0 Å². The molecule has 0 aromatic heterocycles.